The van der Waals surface area contributed by atoms with Crippen molar-refractivity contribution in [3.8, 4) is 0 Å². The molecule has 3 rings (SSSR count). The molecule has 0 aliphatic carbocycles. The number of methoxy groups -OCH3 is 1. The Morgan fingerprint density at radius 3 is 2.41 bits per heavy atom. The van der Waals surface area contributed by atoms with Gasteiger partial charge in [-0.15, -0.1) is 24.0 Å². The number of furan rings is 1. The van der Waals surface area contributed by atoms with Crippen LogP contribution < -0.4 is 5.32 Å². The van der Waals surface area contributed by atoms with Crippen molar-refractivity contribution in [1.82, 2.24) is 15.1 Å². The van der Waals surface area contributed by atoms with E-state index in [9.17, 15) is 9.18 Å². The second-order valence-corrected chi connectivity index (χ2v) is 6.46. The molecule has 29 heavy (non-hydrogen) atoms. The maximum Gasteiger partial charge on any atom is 0.289 e. The molecule has 1 amide bonds. The van der Waals surface area contributed by atoms with Crippen LogP contribution in [0.3, 0.4) is 0 Å². The highest BCUT2D eigenvalue weighted by atomic mass is 127. The standard InChI is InChI=1S/C20H25FN4O3.HI/c1-22-20(23-14-18(27-2)15-5-7-16(21)8-6-15)25-11-9-24(10-12-25)19(26)17-4-3-13-28-17;/h3-8,13,18H,9-12,14H2,1-2H3,(H,22,23);1H. The summed E-state index contributed by atoms with van der Waals surface area (Å²) in [6.45, 7) is 3.01. The van der Waals surface area contributed by atoms with Crippen molar-refractivity contribution < 1.29 is 18.3 Å². The summed E-state index contributed by atoms with van der Waals surface area (Å²) in [4.78, 5) is 20.6. The summed E-state index contributed by atoms with van der Waals surface area (Å²) in [6.07, 6.45) is 1.28. The lowest BCUT2D eigenvalue weighted by Crippen LogP contribution is -2.54. The molecule has 1 aromatic heterocycles. The number of hydrogen-bond acceptors (Lipinski definition) is 4. The van der Waals surface area contributed by atoms with E-state index >= 15 is 0 Å². The third kappa shape index (κ3) is 5.92. The Kier molecular flexibility index (Phi) is 8.90. The predicted octanol–water partition coefficient (Wildman–Crippen LogP) is 2.76. The molecular formula is C20H26FIN4O3. The number of nitrogens with one attached hydrogen (secondary N) is 1. The fourth-order valence-electron chi connectivity index (χ4n) is 3.21. The van der Waals surface area contributed by atoms with E-state index in [2.05, 4.69) is 15.2 Å². The van der Waals surface area contributed by atoms with E-state index < -0.39 is 0 Å². The molecule has 1 aromatic carbocycles. The summed E-state index contributed by atoms with van der Waals surface area (Å²) in [5.41, 5.74) is 0.890. The van der Waals surface area contributed by atoms with Gasteiger partial charge in [-0.25, -0.2) is 4.39 Å². The molecule has 1 atom stereocenters. The van der Waals surface area contributed by atoms with Crippen LogP contribution in [0.5, 0.6) is 0 Å². The molecule has 1 aliphatic rings. The minimum atomic E-state index is -0.274. The SMILES string of the molecule is CN=C(NCC(OC)c1ccc(F)cc1)N1CCN(C(=O)c2ccco2)CC1.I. The van der Waals surface area contributed by atoms with Gasteiger partial charge in [-0.05, 0) is 29.8 Å². The van der Waals surface area contributed by atoms with Crippen LogP contribution in [0.15, 0.2) is 52.1 Å². The minimum Gasteiger partial charge on any atom is -0.459 e. The van der Waals surface area contributed by atoms with Crippen LogP contribution in [0.1, 0.15) is 22.2 Å². The summed E-state index contributed by atoms with van der Waals surface area (Å²) in [6, 6.07) is 9.66. The molecule has 0 spiro atoms. The molecule has 2 heterocycles. The van der Waals surface area contributed by atoms with E-state index in [1.807, 2.05) is 0 Å². The summed E-state index contributed by atoms with van der Waals surface area (Å²) < 4.78 is 23.8. The van der Waals surface area contributed by atoms with E-state index in [0.29, 0.717) is 38.5 Å². The number of hydrogen-bond donors (Lipinski definition) is 1. The van der Waals surface area contributed by atoms with E-state index in [4.69, 9.17) is 9.15 Å². The number of amides is 1. The quantitative estimate of drug-likeness (QED) is 0.376. The lowest BCUT2D eigenvalue weighted by Gasteiger charge is -2.36. The van der Waals surface area contributed by atoms with Crippen LogP contribution in [-0.2, 0) is 4.74 Å². The molecule has 0 radical (unpaired) electrons. The van der Waals surface area contributed by atoms with Crippen molar-refractivity contribution in [2.45, 2.75) is 6.10 Å². The molecule has 1 fully saturated rings. The lowest BCUT2D eigenvalue weighted by molar-refractivity contribution is 0.0656. The number of nitrogens with zero attached hydrogens (tertiary/aromatic N) is 3. The van der Waals surface area contributed by atoms with Crippen LogP contribution in [0.4, 0.5) is 4.39 Å². The highest BCUT2D eigenvalue weighted by Crippen LogP contribution is 2.16. The minimum absolute atomic E-state index is 0. The van der Waals surface area contributed by atoms with Gasteiger partial charge in [0.2, 0.25) is 0 Å². The first-order valence-corrected chi connectivity index (χ1v) is 9.19. The monoisotopic (exact) mass is 516 g/mol. The van der Waals surface area contributed by atoms with Gasteiger partial charge in [0.25, 0.3) is 5.91 Å². The summed E-state index contributed by atoms with van der Waals surface area (Å²) in [5.74, 6) is 0.736. The predicted molar refractivity (Wildman–Crippen MR) is 119 cm³/mol. The molecule has 1 saturated heterocycles. The fraction of sp³-hybridized carbons (Fsp3) is 0.400. The van der Waals surface area contributed by atoms with Gasteiger partial charge in [-0.3, -0.25) is 9.79 Å². The zero-order valence-electron chi connectivity index (χ0n) is 16.5. The molecule has 0 bridgehead atoms. The van der Waals surface area contributed by atoms with Gasteiger partial charge in [0.1, 0.15) is 5.82 Å². The zero-order valence-corrected chi connectivity index (χ0v) is 18.8. The Morgan fingerprint density at radius 2 is 1.86 bits per heavy atom. The van der Waals surface area contributed by atoms with E-state index in [0.717, 1.165) is 11.5 Å². The van der Waals surface area contributed by atoms with Crippen molar-refractivity contribution >= 4 is 35.8 Å². The fourth-order valence-corrected chi connectivity index (χ4v) is 3.21. The third-order valence-electron chi connectivity index (χ3n) is 4.78. The van der Waals surface area contributed by atoms with E-state index in [1.165, 1.54) is 18.4 Å². The Morgan fingerprint density at radius 1 is 1.21 bits per heavy atom. The molecule has 1 unspecified atom stereocenters. The third-order valence-corrected chi connectivity index (χ3v) is 4.78. The number of halogens is 2. The Labute approximate surface area is 186 Å². The Hall–Kier alpha value is -2.14. The van der Waals surface area contributed by atoms with Gasteiger partial charge < -0.3 is 24.3 Å². The summed E-state index contributed by atoms with van der Waals surface area (Å²) in [7, 11) is 3.35. The average Bonchev–Trinajstić information content (AvgIpc) is 3.27. The largest absolute Gasteiger partial charge is 0.459 e. The molecule has 1 N–H and O–H groups in total. The van der Waals surface area contributed by atoms with Gasteiger partial charge in [-0.1, -0.05) is 12.1 Å². The highest BCUT2D eigenvalue weighted by molar-refractivity contribution is 14.0. The summed E-state index contributed by atoms with van der Waals surface area (Å²) in [5, 5.41) is 3.31. The normalized spacial score (nSPS) is 15.6. The highest BCUT2D eigenvalue weighted by Gasteiger charge is 2.25. The number of piperazine rings is 1. The molecule has 158 valence electrons. The number of aliphatic imine (C=N–C) groups is 1. The first-order chi connectivity index (χ1) is 13.6. The topological polar surface area (TPSA) is 70.3 Å². The first kappa shape index (κ1) is 23.1. The molecule has 2 aromatic rings. The second-order valence-electron chi connectivity index (χ2n) is 6.46. The van der Waals surface area contributed by atoms with Crippen LogP contribution >= 0.6 is 24.0 Å². The maximum absolute atomic E-state index is 13.1. The van der Waals surface area contributed by atoms with Gasteiger partial charge >= 0.3 is 0 Å². The Bertz CT molecular complexity index is 791. The molecule has 0 saturated carbocycles. The molecular weight excluding hydrogens is 490 g/mol. The van der Waals surface area contributed by atoms with Crippen molar-refractivity contribution in [2.75, 3.05) is 46.9 Å². The van der Waals surface area contributed by atoms with Crippen molar-refractivity contribution in [3.63, 3.8) is 0 Å². The van der Waals surface area contributed by atoms with Gasteiger partial charge in [0.15, 0.2) is 11.7 Å². The zero-order chi connectivity index (χ0) is 19.9. The number of carbonyl (C=O) groups is 1. The number of ether oxygens (including phenoxy) is 1. The van der Waals surface area contributed by atoms with E-state index in [-0.39, 0.29) is 41.8 Å². The average molecular weight is 516 g/mol. The summed E-state index contributed by atoms with van der Waals surface area (Å²) >= 11 is 0. The Balaban J connectivity index is 0.00000300. The molecule has 7 nitrogen and oxygen atoms in total. The van der Waals surface area contributed by atoms with Crippen molar-refractivity contribution in [2.24, 2.45) is 4.99 Å². The van der Waals surface area contributed by atoms with Gasteiger partial charge in [-0.2, -0.15) is 0 Å². The number of guanidine groups is 1. The molecule has 1 aliphatic heterocycles. The van der Waals surface area contributed by atoms with E-state index in [1.54, 1.807) is 43.3 Å². The van der Waals surface area contributed by atoms with Crippen molar-refractivity contribution in [3.05, 3.63) is 59.8 Å². The van der Waals surface area contributed by atoms with Crippen LogP contribution in [0.2, 0.25) is 0 Å². The number of carbonyl (C=O) groups excluding carboxylic acids is 1. The smallest absolute Gasteiger partial charge is 0.289 e. The van der Waals surface area contributed by atoms with Gasteiger partial charge in [0.05, 0.1) is 12.4 Å². The number of benzene rings is 1. The van der Waals surface area contributed by atoms with Crippen LogP contribution in [-0.4, -0.2) is 68.5 Å². The van der Waals surface area contributed by atoms with Gasteiger partial charge in [0, 0.05) is 46.9 Å². The van der Waals surface area contributed by atoms with Crippen LogP contribution in [0, 0.1) is 5.82 Å². The first-order valence-electron chi connectivity index (χ1n) is 9.19. The second kappa shape index (κ2) is 11.1. The molecule has 9 heteroatoms. The maximum atomic E-state index is 13.1. The van der Waals surface area contributed by atoms with Crippen molar-refractivity contribution in [1.29, 1.82) is 0 Å². The van der Waals surface area contributed by atoms with Crippen LogP contribution in [0.25, 0.3) is 0 Å². The lowest BCUT2D eigenvalue weighted by atomic mass is 10.1. The number of rotatable bonds is 5.